The highest BCUT2D eigenvalue weighted by molar-refractivity contribution is 5.69. The number of hydrogen-bond acceptors (Lipinski definition) is 5. The van der Waals surface area contributed by atoms with E-state index in [4.69, 9.17) is 20.9 Å². The summed E-state index contributed by atoms with van der Waals surface area (Å²) >= 11 is 0. The topological polar surface area (TPSA) is 87.6 Å². The molecule has 9 atom stereocenters. The zero-order valence-corrected chi connectivity index (χ0v) is 36.4. The number of hydrogen-bond donors (Lipinski definition) is 2. The molecule has 0 aliphatic heterocycles. The van der Waals surface area contributed by atoms with E-state index in [1.54, 1.807) is 0 Å². The third kappa shape index (κ3) is 12.4. The fraction of sp³-hybridized carbons (Fsp3) is 0.860. The van der Waals surface area contributed by atoms with Crippen molar-refractivity contribution in [2.75, 3.05) is 24.7 Å². The molecule has 314 valence electrons. The molecule has 4 fully saturated rings. The quantitative estimate of drug-likeness (QED) is 0.0588. The van der Waals surface area contributed by atoms with E-state index < -0.39 is 0 Å². The maximum absolute atomic E-state index is 12.8. The van der Waals surface area contributed by atoms with E-state index >= 15 is 0 Å². The van der Waals surface area contributed by atoms with E-state index in [0.717, 1.165) is 79.7 Å². The number of ether oxygens (including phenoxy) is 2. The molecule has 55 heavy (non-hydrogen) atoms. The first kappa shape index (κ1) is 44.4. The van der Waals surface area contributed by atoms with Crippen LogP contribution >= 0.6 is 0 Å². The zero-order chi connectivity index (χ0) is 39.1. The van der Waals surface area contributed by atoms with Crippen LogP contribution in [0.3, 0.4) is 0 Å². The maximum Gasteiger partial charge on any atom is 0.305 e. The Labute approximate surface area is 339 Å². The lowest BCUT2D eigenvalue weighted by atomic mass is 9.44. The highest BCUT2D eigenvalue weighted by Crippen LogP contribution is 2.68. The molecule has 4 aliphatic rings. The number of esters is 1. The second kappa shape index (κ2) is 22.4. The van der Waals surface area contributed by atoms with E-state index in [1.807, 2.05) is 12.1 Å². The van der Waals surface area contributed by atoms with E-state index in [1.165, 1.54) is 147 Å². The zero-order valence-electron chi connectivity index (χ0n) is 36.4. The minimum atomic E-state index is 0.0409. The van der Waals surface area contributed by atoms with E-state index in [0.29, 0.717) is 35.9 Å². The number of fused-ring (bicyclic) bond motifs is 5. The number of anilines is 2. The maximum atomic E-state index is 12.8. The van der Waals surface area contributed by atoms with Crippen molar-refractivity contribution in [1.29, 1.82) is 0 Å². The van der Waals surface area contributed by atoms with E-state index in [2.05, 4.69) is 33.8 Å². The lowest BCUT2D eigenvalue weighted by Crippen LogP contribution is -2.54. The van der Waals surface area contributed by atoms with Crippen LogP contribution in [0.2, 0.25) is 0 Å². The van der Waals surface area contributed by atoms with Gasteiger partial charge in [-0.3, -0.25) is 4.79 Å². The van der Waals surface area contributed by atoms with Crippen molar-refractivity contribution in [3.63, 3.8) is 0 Å². The van der Waals surface area contributed by atoms with Crippen molar-refractivity contribution < 1.29 is 14.3 Å². The van der Waals surface area contributed by atoms with Crippen LogP contribution in [-0.4, -0.2) is 25.3 Å². The van der Waals surface area contributed by atoms with Crippen LogP contribution in [-0.2, 0) is 20.7 Å². The number of nitrogen functional groups attached to an aromatic ring is 2. The van der Waals surface area contributed by atoms with Crippen molar-refractivity contribution in [1.82, 2.24) is 0 Å². The van der Waals surface area contributed by atoms with Crippen molar-refractivity contribution in [2.24, 2.45) is 46.3 Å². The van der Waals surface area contributed by atoms with Gasteiger partial charge >= 0.3 is 5.97 Å². The molecule has 3 unspecified atom stereocenters. The van der Waals surface area contributed by atoms with E-state index in [9.17, 15) is 4.79 Å². The number of carbonyl (C=O) groups excluding carboxylic acids is 1. The van der Waals surface area contributed by atoms with Gasteiger partial charge in [-0.15, -0.1) is 0 Å². The van der Waals surface area contributed by atoms with Gasteiger partial charge in [0.25, 0.3) is 0 Å². The smallest absolute Gasteiger partial charge is 0.305 e. The van der Waals surface area contributed by atoms with Crippen LogP contribution in [0.15, 0.2) is 18.2 Å². The van der Waals surface area contributed by atoms with Crippen LogP contribution in [0.4, 0.5) is 11.4 Å². The lowest BCUT2D eigenvalue weighted by molar-refractivity contribution is -0.145. The molecular weight excluding hydrogens is 677 g/mol. The number of unbranched alkanes of at least 4 members (excludes halogenated alkanes) is 14. The summed E-state index contributed by atoms with van der Waals surface area (Å²) in [6.07, 6.45) is 36.4. The highest BCUT2D eigenvalue weighted by atomic mass is 16.5. The van der Waals surface area contributed by atoms with Crippen molar-refractivity contribution in [2.45, 2.75) is 214 Å². The largest absolute Gasteiger partial charge is 0.466 e. The molecule has 1 aromatic rings. The Hall–Kier alpha value is -1.75. The van der Waals surface area contributed by atoms with Crippen LogP contribution in [0, 0.1) is 46.3 Å². The second-order valence-corrected chi connectivity index (χ2v) is 19.9. The lowest BCUT2D eigenvalue weighted by Gasteiger charge is -2.61. The van der Waals surface area contributed by atoms with Crippen LogP contribution in [0.5, 0.6) is 0 Å². The molecule has 0 bridgehead atoms. The average Bonchev–Trinajstić information content (AvgIpc) is 3.53. The van der Waals surface area contributed by atoms with Crippen molar-refractivity contribution >= 4 is 17.3 Å². The van der Waals surface area contributed by atoms with Gasteiger partial charge in [0.05, 0.1) is 12.7 Å². The molecule has 5 rings (SSSR count). The van der Waals surface area contributed by atoms with Gasteiger partial charge in [0.2, 0.25) is 0 Å². The first-order valence-electron chi connectivity index (χ1n) is 24.1. The number of rotatable bonds is 25. The third-order valence-electron chi connectivity index (χ3n) is 16.3. The number of nitrogens with two attached hydrogens (primary N) is 2. The fourth-order valence-electron chi connectivity index (χ4n) is 13.0. The number of carbonyl (C=O) groups is 1. The van der Waals surface area contributed by atoms with Crippen LogP contribution < -0.4 is 11.5 Å². The van der Waals surface area contributed by atoms with Gasteiger partial charge in [0, 0.05) is 24.4 Å². The summed E-state index contributed by atoms with van der Waals surface area (Å²) in [5, 5.41) is 0. The Balaban J connectivity index is 0.933. The molecule has 0 spiro atoms. The summed E-state index contributed by atoms with van der Waals surface area (Å²) in [7, 11) is 0. The minimum Gasteiger partial charge on any atom is -0.466 e. The summed E-state index contributed by atoms with van der Waals surface area (Å²) < 4.78 is 12.3. The van der Waals surface area contributed by atoms with Gasteiger partial charge in [-0.25, -0.2) is 0 Å². The molecule has 0 amide bonds. The molecular formula is C50H86N2O3. The summed E-state index contributed by atoms with van der Waals surface area (Å²) in [5.41, 5.74) is 15.7. The average molecular weight is 763 g/mol. The van der Waals surface area contributed by atoms with Gasteiger partial charge < -0.3 is 20.9 Å². The number of aryl methyl sites for hydroxylation is 1. The molecule has 0 heterocycles. The Morgan fingerprint density at radius 3 is 2.07 bits per heavy atom. The standard InChI is InChI=1S/C50H86N2O3/c1-5-6-7-8-9-10-11-12-13-14-15-16-17-19-35-55-48(53)29-22-38(2)44-27-28-45-43-26-24-40-36-42(30-32-49(40,3)46(43)31-33-50(44,45)4)54-34-20-18-21-39-23-25-41(51)37-47(39)52/h23,25,37-38,40,42-46H,5-22,24,26-36,51-52H2,1-4H3/t38?,40?,42?,43-,44+,45-,46-,49-,50+/m0/s1. The molecule has 4 aliphatic carbocycles. The van der Waals surface area contributed by atoms with Gasteiger partial charge in [-0.2, -0.15) is 0 Å². The summed E-state index contributed by atoms with van der Waals surface area (Å²) in [5.74, 6) is 4.86. The predicted molar refractivity (Wildman–Crippen MR) is 233 cm³/mol. The molecule has 0 aromatic heterocycles. The summed E-state index contributed by atoms with van der Waals surface area (Å²) in [6, 6.07) is 5.91. The van der Waals surface area contributed by atoms with Crippen molar-refractivity contribution in [3.8, 4) is 0 Å². The molecule has 0 radical (unpaired) electrons. The van der Waals surface area contributed by atoms with Gasteiger partial charge in [0.15, 0.2) is 0 Å². The fourth-order valence-corrected chi connectivity index (χ4v) is 13.0. The Kier molecular flexibility index (Phi) is 18.1. The second-order valence-electron chi connectivity index (χ2n) is 19.9. The first-order chi connectivity index (χ1) is 26.7. The monoisotopic (exact) mass is 763 g/mol. The molecule has 4 N–H and O–H groups in total. The predicted octanol–water partition coefficient (Wildman–Crippen LogP) is 13.7. The molecule has 5 heteroatoms. The Morgan fingerprint density at radius 1 is 0.745 bits per heavy atom. The van der Waals surface area contributed by atoms with Gasteiger partial charge in [-0.05, 0) is 154 Å². The molecule has 4 saturated carbocycles. The number of benzene rings is 1. The van der Waals surface area contributed by atoms with Crippen LogP contribution in [0.1, 0.15) is 207 Å². The molecule has 1 aromatic carbocycles. The summed E-state index contributed by atoms with van der Waals surface area (Å²) in [4.78, 5) is 12.8. The van der Waals surface area contributed by atoms with Gasteiger partial charge in [-0.1, -0.05) is 117 Å². The van der Waals surface area contributed by atoms with Crippen LogP contribution in [0.25, 0.3) is 0 Å². The van der Waals surface area contributed by atoms with E-state index in [-0.39, 0.29) is 5.97 Å². The summed E-state index contributed by atoms with van der Waals surface area (Å²) in [6.45, 7) is 11.6. The molecule has 0 saturated heterocycles. The Bertz CT molecular complexity index is 1270. The Morgan fingerprint density at radius 2 is 1.38 bits per heavy atom. The SMILES string of the molecule is CCCCCCCCCCCCCCCCOC(=O)CCC(C)[C@H]1CC[C@H]2[C@@H]3CCC4CC(OCCCCc5ccc(N)cc5N)CC[C@]4(C)[C@H]3CC[C@]12C. The normalized spacial score (nSPS) is 30.7. The third-order valence-corrected chi connectivity index (χ3v) is 16.3. The van der Waals surface area contributed by atoms with Gasteiger partial charge in [0.1, 0.15) is 0 Å². The highest BCUT2D eigenvalue weighted by Gasteiger charge is 2.60. The molecule has 5 nitrogen and oxygen atoms in total. The minimum absolute atomic E-state index is 0.0409. The first-order valence-corrected chi connectivity index (χ1v) is 24.1. The van der Waals surface area contributed by atoms with Crippen molar-refractivity contribution in [3.05, 3.63) is 23.8 Å².